The number of ether oxygens (including phenoxy) is 1. The third kappa shape index (κ3) is 4.28. The number of aliphatic hydroxyl groups is 1. The van der Waals surface area contributed by atoms with Crippen molar-refractivity contribution in [2.24, 2.45) is 11.8 Å². The van der Waals surface area contributed by atoms with Crippen LogP contribution in [0.5, 0.6) is 11.5 Å². The molecule has 2 N–H and O–H groups in total. The van der Waals surface area contributed by atoms with E-state index in [0.717, 1.165) is 51.1 Å². The zero-order valence-electron chi connectivity index (χ0n) is 16.0. The molecule has 144 valence electrons. The molecule has 4 heteroatoms. The van der Waals surface area contributed by atoms with Gasteiger partial charge in [0.2, 0.25) is 0 Å². The number of fused-ring (bicyclic) bond motifs is 1. The number of hydrogen-bond acceptors (Lipinski definition) is 4. The van der Waals surface area contributed by atoms with Crippen molar-refractivity contribution in [1.29, 1.82) is 0 Å². The van der Waals surface area contributed by atoms with Gasteiger partial charge in [0, 0.05) is 26.1 Å². The van der Waals surface area contributed by atoms with Crippen molar-refractivity contribution in [1.82, 2.24) is 4.90 Å². The van der Waals surface area contributed by atoms with Crippen molar-refractivity contribution in [3.8, 4) is 11.5 Å². The minimum absolute atomic E-state index is 0.325. The summed E-state index contributed by atoms with van der Waals surface area (Å²) in [6.07, 6.45) is 3.55. The normalized spacial score (nSPS) is 27.6. The first-order chi connectivity index (χ1) is 13.0. The molecule has 0 bridgehead atoms. The summed E-state index contributed by atoms with van der Waals surface area (Å²) < 4.78 is 5.22. The monoisotopic (exact) mass is 367 g/mol. The van der Waals surface area contributed by atoms with Gasteiger partial charge in [-0.25, -0.2) is 0 Å². The number of hydrogen-bond donors (Lipinski definition) is 2. The Morgan fingerprint density at radius 2 is 1.56 bits per heavy atom. The average Bonchev–Trinajstić information content (AvgIpc) is 3.16. The van der Waals surface area contributed by atoms with Gasteiger partial charge in [0.05, 0.1) is 12.7 Å². The van der Waals surface area contributed by atoms with Crippen molar-refractivity contribution in [3.63, 3.8) is 0 Å². The maximum absolute atomic E-state index is 11.1. The number of phenols is 1. The number of nitrogens with zero attached hydrogens (tertiary/aromatic N) is 1. The highest BCUT2D eigenvalue weighted by Gasteiger charge is 2.47. The van der Waals surface area contributed by atoms with Crippen LogP contribution in [0.25, 0.3) is 0 Å². The lowest BCUT2D eigenvalue weighted by Crippen LogP contribution is -2.32. The predicted molar refractivity (Wildman–Crippen MR) is 106 cm³/mol. The standard InChI is InChI=1S/C23H29NO3/c1-27-22-8-4-18(5-9-22)12-23(26)13-19-15-24(16-20(19)14-23)11-10-17-2-6-21(25)7-3-17/h2-9,19-20,25-26H,10-16H2,1H3/t19-,20+,23-. The van der Waals surface area contributed by atoms with Gasteiger partial charge in [-0.1, -0.05) is 24.3 Å². The lowest BCUT2D eigenvalue weighted by atomic mass is 9.91. The topological polar surface area (TPSA) is 52.9 Å². The van der Waals surface area contributed by atoms with Gasteiger partial charge < -0.3 is 19.8 Å². The third-order valence-corrected chi connectivity index (χ3v) is 6.28. The van der Waals surface area contributed by atoms with Crippen LogP contribution in [0.3, 0.4) is 0 Å². The van der Waals surface area contributed by atoms with Gasteiger partial charge in [-0.3, -0.25) is 0 Å². The quantitative estimate of drug-likeness (QED) is 0.823. The van der Waals surface area contributed by atoms with E-state index < -0.39 is 5.60 Å². The summed E-state index contributed by atoms with van der Waals surface area (Å²) in [6, 6.07) is 15.6. The number of methoxy groups -OCH3 is 1. The first-order valence-corrected chi connectivity index (χ1v) is 9.89. The fourth-order valence-corrected chi connectivity index (χ4v) is 4.96. The maximum atomic E-state index is 11.1. The summed E-state index contributed by atoms with van der Waals surface area (Å²) in [7, 11) is 1.67. The van der Waals surface area contributed by atoms with Gasteiger partial charge in [0.25, 0.3) is 0 Å². The Balaban J connectivity index is 1.28. The van der Waals surface area contributed by atoms with Crippen LogP contribution in [0.4, 0.5) is 0 Å². The predicted octanol–water partition coefficient (Wildman–Crippen LogP) is 3.26. The van der Waals surface area contributed by atoms with E-state index in [4.69, 9.17) is 4.74 Å². The highest BCUT2D eigenvalue weighted by molar-refractivity contribution is 5.28. The van der Waals surface area contributed by atoms with E-state index in [0.29, 0.717) is 17.6 Å². The second-order valence-electron chi connectivity index (χ2n) is 8.35. The summed E-state index contributed by atoms with van der Waals surface area (Å²) >= 11 is 0. The maximum Gasteiger partial charge on any atom is 0.118 e. The molecular weight excluding hydrogens is 338 g/mol. The minimum atomic E-state index is -0.563. The summed E-state index contributed by atoms with van der Waals surface area (Å²) in [6.45, 7) is 3.23. The van der Waals surface area contributed by atoms with Gasteiger partial charge in [0.15, 0.2) is 0 Å². The van der Waals surface area contributed by atoms with E-state index in [-0.39, 0.29) is 0 Å². The summed E-state index contributed by atoms with van der Waals surface area (Å²) in [5.74, 6) is 2.39. The lowest BCUT2D eigenvalue weighted by molar-refractivity contribution is 0.0355. The second-order valence-corrected chi connectivity index (χ2v) is 8.35. The van der Waals surface area contributed by atoms with Crippen LogP contribution in [0.2, 0.25) is 0 Å². The third-order valence-electron chi connectivity index (χ3n) is 6.28. The minimum Gasteiger partial charge on any atom is -0.508 e. The Bertz CT molecular complexity index is 742. The van der Waals surface area contributed by atoms with E-state index in [9.17, 15) is 10.2 Å². The molecule has 4 rings (SSSR count). The molecule has 3 atom stereocenters. The Hall–Kier alpha value is -2.04. The Kier molecular flexibility index (Phi) is 5.11. The molecule has 2 aromatic carbocycles. The highest BCUT2D eigenvalue weighted by Crippen LogP contribution is 2.45. The molecule has 0 unspecified atom stereocenters. The molecule has 2 aliphatic rings. The Morgan fingerprint density at radius 1 is 0.963 bits per heavy atom. The zero-order chi connectivity index (χ0) is 18.9. The SMILES string of the molecule is COc1ccc(C[C@]2(O)C[C@H]3CN(CCc4ccc(O)cc4)C[C@H]3C2)cc1. The van der Waals surface area contributed by atoms with Crippen LogP contribution < -0.4 is 4.74 Å². The molecule has 27 heavy (non-hydrogen) atoms. The van der Waals surface area contributed by atoms with E-state index in [1.54, 1.807) is 19.2 Å². The molecule has 2 fully saturated rings. The first kappa shape index (κ1) is 18.3. The smallest absolute Gasteiger partial charge is 0.118 e. The van der Waals surface area contributed by atoms with E-state index in [1.807, 2.05) is 24.3 Å². The van der Waals surface area contributed by atoms with Gasteiger partial charge >= 0.3 is 0 Å². The van der Waals surface area contributed by atoms with Crippen molar-refractivity contribution in [3.05, 3.63) is 59.7 Å². The van der Waals surface area contributed by atoms with Gasteiger partial charge in [-0.05, 0) is 66.5 Å². The average molecular weight is 367 g/mol. The van der Waals surface area contributed by atoms with Crippen LogP contribution in [0.15, 0.2) is 48.5 Å². The van der Waals surface area contributed by atoms with Gasteiger partial charge in [0.1, 0.15) is 11.5 Å². The Labute approximate surface area is 161 Å². The van der Waals surface area contributed by atoms with Crippen LogP contribution in [-0.4, -0.2) is 47.5 Å². The van der Waals surface area contributed by atoms with Crippen LogP contribution in [-0.2, 0) is 12.8 Å². The molecule has 2 aromatic rings. The van der Waals surface area contributed by atoms with E-state index >= 15 is 0 Å². The number of phenolic OH excluding ortho intramolecular Hbond substituents is 1. The fraction of sp³-hybridized carbons (Fsp3) is 0.478. The molecule has 1 heterocycles. The molecule has 4 nitrogen and oxygen atoms in total. The fourth-order valence-electron chi connectivity index (χ4n) is 4.96. The second kappa shape index (κ2) is 7.53. The largest absolute Gasteiger partial charge is 0.508 e. The summed E-state index contributed by atoms with van der Waals surface area (Å²) in [4.78, 5) is 2.54. The molecule has 1 saturated carbocycles. The molecular formula is C23H29NO3. The van der Waals surface area contributed by atoms with Crippen LogP contribution in [0, 0.1) is 11.8 Å². The molecule has 1 aliphatic carbocycles. The molecule has 0 aromatic heterocycles. The van der Waals surface area contributed by atoms with Crippen LogP contribution in [0.1, 0.15) is 24.0 Å². The van der Waals surface area contributed by atoms with Crippen molar-refractivity contribution >= 4 is 0 Å². The number of rotatable bonds is 6. The molecule has 1 aliphatic heterocycles. The molecule has 1 saturated heterocycles. The summed E-state index contributed by atoms with van der Waals surface area (Å²) in [5.41, 5.74) is 1.88. The number of benzene rings is 2. The summed E-state index contributed by atoms with van der Waals surface area (Å²) in [5, 5.41) is 20.5. The number of likely N-dealkylation sites (tertiary alicyclic amines) is 1. The van der Waals surface area contributed by atoms with Gasteiger partial charge in [-0.2, -0.15) is 0 Å². The lowest BCUT2D eigenvalue weighted by Gasteiger charge is -2.26. The van der Waals surface area contributed by atoms with Crippen molar-refractivity contribution in [2.75, 3.05) is 26.7 Å². The van der Waals surface area contributed by atoms with Gasteiger partial charge in [-0.15, -0.1) is 0 Å². The number of aromatic hydroxyl groups is 1. The molecule has 0 radical (unpaired) electrons. The molecule has 0 spiro atoms. The molecule has 0 amide bonds. The van der Waals surface area contributed by atoms with E-state index in [1.165, 1.54) is 11.1 Å². The zero-order valence-corrected chi connectivity index (χ0v) is 16.0. The van der Waals surface area contributed by atoms with Crippen LogP contribution >= 0.6 is 0 Å². The van der Waals surface area contributed by atoms with Crippen molar-refractivity contribution < 1.29 is 14.9 Å². The Morgan fingerprint density at radius 3 is 2.15 bits per heavy atom. The first-order valence-electron chi connectivity index (χ1n) is 9.89. The highest BCUT2D eigenvalue weighted by atomic mass is 16.5. The van der Waals surface area contributed by atoms with E-state index in [2.05, 4.69) is 17.0 Å². The van der Waals surface area contributed by atoms with Crippen molar-refractivity contribution in [2.45, 2.75) is 31.3 Å².